The number of benzene rings is 2. The van der Waals surface area contributed by atoms with Gasteiger partial charge in [0.1, 0.15) is 0 Å². The lowest BCUT2D eigenvalue weighted by Crippen LogP contribution is -2.11. The molecule has 5 aromatic rings. The van der Waals surface area contributed by atoms with Crippen molar-refractivity contribution >= 4 is 43.1 Å². The summed E-state index contributed by atoms with van der Waals surface area (Å²) in [4.78, 5) is 0. The minimum Gasteiger partial charge on any atom is -0.471 e. The maximum absolute atomic E-state index is 5.86. The Balaban J connectivity index is 2.20. The molecule has 2 heteroatoms. The van der Waals surface area contributed by atoms with Crippen molar-refractivity contribution in [2.45, 2.75) is 66.2 Å². The van der Waals surface area contributed by atoms with Gasteiger partial charge in [-0.2, -0.15) is 0 Å². The van der Waals surface area contributed by atoms with Crippen molar-refractivity contribution in [3.63, 3.8) is 0 Å². The van der Waals surface area contributed by atoms with Gasteiger partial charge in [-0.3, -0.25) is 0 Å². The van der Waals surface area contributed by atoms with Crippen LogP contribution in [0.15, 0.2) is 58.2 Å². The highest BCUT2D eigenvalue weighted by molar-refractivity contribution is 6.16. The maximum Gasteiger partial charge on any atom is 0.0987 e. The minimum absolute atomic E-state index is 0.0265. The molecule has 0 radical (unpaired) electrons. The lowest BCUT2D eigenvalue weighted by Gasteiger charge is -2.22. The summed E-state index contributed by atoms with van der Waals surface area (Å²) < 4.78 is 11.7. The second-order valence-corrected chi connectivity index (χ2v) is 11.3. The molecule has 0 spiro atoms. The maximum atomic E-state index is 5.86. The molecule has 0 N–H and O–H groups in total. The standard InChI is InChI=1S/C30H32O2/c1-17-21-9-19(29(3,4)5)10-22(17)26-14-32-16-28(26)24-12-20(30(6,7)8)11-23(18(24)2)27-15-31-13-25(21)27/h9-16H,1-8H3. The largest absolute Gasteiger partial charge is 0.471 e. The van der Waals surface area contributed by atoms with E-state index < -0.39 is 0 Å². The second-order valence-electron chi connectivity index (χ2n) is 11.3. The van der Waals surface area contributed by atoms with Crippen molar-refractivity contribution in [2.75, 3.05) is 0 Å². The number of rotatable bonds is 0. The fraction of sp³-hybridized carbons (Fsp3) is 0.333. The van der Waals surface area contributed by atoms with Crippen LogP contribution in [-0.4, -0.2) is 0 Å². The van der Waals surface area contributed by atoms with Crippen LogP contribution in [0, 0.1) is 13.8 Å². The van der Waals surface area contributed by atoms with Gasteiger partial charge >= 0.3 is 0 Å². The highest BCUT2D eigenvalue weighted by Crippen LogP contribution is 2.40. The van der Waals surface area contributed by atoms with Crippen LogP contribution in [-0.2, 0) is 10.8 Å². The fourth-order valence-electron chi connectivity index (χ4n) is 4.84. The Kier molecular flexibility index (Phi) is 4.40. The van der Waals surface area contributed by atoms with Crippen LogP contribution < -0.4 is 0 Å². The summed E-state index contributed by atoms with van der Waals surface area (Å²) in [5.41, 5.74) is 5.18. The molecule has 0 atom stereocenters. The molecule has 0 fully saturated rings. The van der Waals surface area contributed by atoms with Gasteiger partial charge in [0.25, 0.3) is 0 Å². The zero-order valence-corrected chi connectivity index (χ0v) is 20.4. The van der Waals surface area contributed by atoms with Gasteiger partial charge in [0, 0.05) is 21.5 Å². The lowest BCUT2D eigenvalue weighted by atomic mass is 9.82. The third kappa shape index (κ3) is 3.08. The van der Waals surface area contributed by atoms with Crippen molar-refractivity contribution in [1.82, 2.24) is 0 Å². The smallest absolute Gasteiger partial charge is 0.0987 e. The van der Waals surface area contributed by atoms with Gasteiger partial charge in [0.15, 0.2) is 0 Å². The first-order valence-corrected chi connectivity index (χ1v) is 11.4. The zero-order chi connectivity index (χ0) is 23.0. The predicted octanol–water partition coefficient (Wildman–Crippen LogP) is 9.26. The van der Waals surface area contributed by atoms with Crippen molar-refractivity contribution in [1.29, 1.82) is 0 Å². The Labute approximate surface area is 189 Å². The number of furan rings is 2. The molecule has 0 aliphatic heterocycles. The third-order valence-corrected chi connectivity index (χ3v) is 7.03. The monoisotopic (exact) mass is 424 g/mol. The minimum atomic E-state index is 0.0265. The van der Waals surface area contributed by atoms with Crippen LogP contribution >= 0.6 is 0 Å². The average molecular weight is 425 g/mol. The van der Waals surface area contributed by atoms with Crippen molar-refractivity contribution in [3.05, 3.63) is 71.6 Å². The fourth-order valence-corrected chi connectivity index (χ4v) is 4.84. The molecule has 5 rings (SSSR count). The van der Waals surface area contributed by atoms with Crippen LogP contribution in [0.4, 0.5) is 0 Å². The Morgan fingerprint density at radius 3 is 0.906 bits per heavy atom. The number of hydrogen-bond acceptors (Lipinski definition) is 2. The van der Waals surface area contributed by atoms with Gasteiger partial charge in [0.05, 0.1) is 25.1 Å². The SMILES string of the molecule is Cc1c2cc(C(C)(C)C)cc1c1cocc1c1cc(C(C)(C)C)cc(c1C)c1cocc21. The highest BCUT2D eigenvalue weighted by atomic mass is 16.3. The van der Waals surface area contributed by atoms with Crippen LogP contribution in [0.2, 0.25) is 0 Å². The van der Waals surface area contributed by atoms with E-state index in [1.807, 2.05) is 25.1 Å². The van der Waals surface area contributed by atoms with Crippen molar-refractivity contribution in [2.24, 2.45) is 0 Å². The van der Waals surface area contributed by atoms with Gasteiger partial charge in [-0.25, -0.2) is 0 Å². The van der Waals surface area contributed by atoms with Gasteiger partial charge in [0.2, 0.25) is 0 Å². The van der Waals surface area contributed by atoms with E-state index in [1.54, 1.807) is 0 Å². The third-order valence-electron chi connectivity index (χ3n) is 7.03. The van der Waals surface area contributed by atoms with E-state index in [-0.39, 0.29) is 10.8 Å². The van der Waals surface area contributed by atoms with E-state index in [0.717, 1.165) is 21.5 Å². The second kappa shape index (κ2) is 6.75. The first-order valence-electron chi connectivity index (χ1n) is 11.4. The van der Waals surface area contributed by atoms with Crippen LogP contribution in [0.25, 0.3) is 43.1 Å². The molecule has 0 aliphatic carbocycles. The quantitative estimate of drug-likeness (QED) is 0.247. The Bertz CT molecular complexity index is 1330. The van der Waals surface area contributed by atoms with E-state index in [1.165, 1.54) is 43.8 Å². The van der Waals surface area contributed by atoms with Crippen LogP contribution in [0.1, 0.15) is 63.8 Å². The van der Waals surface area contributed by atoms with Crippen LogP contribution in [0.5, 0.6) is 0 Å². The van der Waals surface area contributed by atoms with Crippen molar-refractivity contribution < 1.29 is 8.83 Å². The molecule has 2 heterocycles. The number of aryl methyl sites for hydroxylation is 2. The summed E-state index contributed by atoms with van der Waals surface area (Å²) in [6.07, 6.45) is 7.65. The molecule has 0 aliphatic rings. The zero-order valence-electron chi connectivity index (χ0n) is 20.4. The van der Waals surface area contributed by atoms with Gasteiger partial charge in [-0.15, -0.1) is 0 Å². The van der Waals surface area contributed by atoms with E-state index in [0.29, 0.717) is 0 Å². The summed E-state index contributed by atoms with van der Waals surface area (Å²) in [7, 11) is 0. The molecule has 4 bridgehead atoms. The van der Waals surface area contributed by atoms with E-state index >= 15 is 0 Å². The molecule has 2 nitrogen and oxygen atoms in total. The summed E-state index contributed by atoms with van der Waals surface area (Å²) in [5, 5.41) is 9.53. The molecular formula is C30H32O2. The van der Waals surface area contributed by atoms with E-state index in [9.17, 15) is 0 Å². The van der Waals surface area contributed by atoms with Crippen LogP contribution in [0.3, 0.4) is 0 Å². The van der Waals surface area contributed by atoms with E-state index in [2.05, 4.69) is 79.7 Å². The molecule has 0 unspecified atom stereocenters. The first-order chi connectivity index (χ1) is 15.0. The number of fused-ring (bicyclic) bond motifs is 10. The van der Waals surface area contributed by atoms with E-state index in [4.69, 9.17) is 8.83 Å². The molecule has 0 amide bonds. The van der Waals surface area contributed by atoms with Gasteiger partial charge < -0.3 is 8.83 Å². The predicted molar refractivity (Wildman–Crippen MR) is 137 cm³/mol. The molecule has 0 saturated carbocycles. The Morgan fingerprint density at radius 1 is 0.438 bits per heavy atom. The molecular weight excluding hydrogens is 392 g/mol. The Hall–Kier alpha value is -3.00. The highest BCUT2D eigenvalue weighted by Gasteiger charge is 2.20. The summed E-state index contributed by atoms with van der Waals surface area (Å²) in [6.45, 7) is 18.1. The average Bonchev–Trinajstić information content (AvgIpc) is 3.35. The summed E-state index contributed by atoms with van der Waals surface area (Å²) in [5.74, 6) is 0. The summed E-state index contributed by atoms with van der Waals surface area (Å²) >= 11 is 0. The molecule has 2 aromatic heterocycles. The normalized spacial score (nSPS) is 13.0. The number of hydrogen-bond donors (Lipinski definition) is 0. The molecule has 164 valence electrons. The first kappa shape index (κ1) is 20.9. The molecule has 3 aromatic carbocycles. The Morgan fingerprint density at radius 2 is 0.688 bits per heavy atom. The topological polar surface area (TPSA) is 26.3 Å². The van der Waals surface area contributed by atoms with Gasteiger partial charge in [-0.05, 0) is 68.5 Å². The summed E-state index contributed by atoms with van der Waals surface area (Å²) in [6, 6.07) is 9.38. The molecule has 32 heavy (non-hydrogen) atoms. The lowest BCUT2D eigenvalue weighted by molar-refractivity contribution is 0.572. The van der Waals surface area contributed by atoms with Crippen molar-refractivity contribution in [3.8, 4) is 0 Å². The molecule has 0 saturated heterocycles. The van der Waals surface area contributed by atoms with Gasteiger partial charge in [-0.1, -0.05) is 65.8 Å².